The summed E-state index contributed by atoms with van der Waals surface area (Å²) in [5, 5.41) is 0. The van der Waals surface area contributed by atoms with Gasteiger partial charge in [-0.05, 0) is 50.1 Å². The van der Waals surface area contributed by atoms with Gasteiger partial charge >= 0.3 is 0 Å². The number of amides is 1. The topological polar surface area (TPSA) is 23.6 Å². The van der Waals surface area contributed by atoms with Gasteiger partial charge in [0.05, 0.1) is 6.54 Å². The normalized spacial score (nSPS) is 35.2. The summed E-state index contributed by atoms with van der Waals surface area (Å²) in [5.41, 5.74) is 0. The molecule has 1 amide bonds. The minimum absolute atomic E-state index is 0.377. The summed E-state index contributed by atoms with van der Waals surface area (Å²) < 4.78 is 0. The zero-order chi connectivity index (χ0) is 11.1. The molecule has 2 aliphatic heterocycles. The van der Waals surface area contributed by atoms with Gasteiger partial charge in [-0.2, -0.15) is 0 Å². The Bertz CT molecular complexity index is 274. The minimum atomic E-state index is 0.377. The first-order valence-corrected chi connectivity index (χ1v) is 6.72. The highest BCUT2D eigenvalue weighted by Crippen LogP contribution is 2.44. The molecule has 3 heteroatoms. The molecule has 90 valence electrons. The third kappa shape index (κ3) is 2.10. The number of hydrogen-bond acceptors (Lipinski definition) is 2. The van der Waals surface area contributed by atoms with Crippen molar-refractivity contribution in [3.8, 4) is 0 Å². The second kappa shape index (κ2) is 4.02. The fourth-order valence-electron chi connectivity index (χ4n) is 3.11. The molecule has 3 fully saturated rings. The van der Waals surface area contributed by atoms with Gasteiger partial charge in [-0.15, -0.1) is 0 Å². The van der Waals surface area contributed by atoms with Crippen LogP contribution in [-0.4, -0.2) is 48.4 Å². The number of nitrogens with zero attached hydrogens (tertiary/aromatic N) is 2. The van der Waals surface area contributed by atoms with E-state index in [2.05, 4.69) is 16.7 Å². The van der Waals surface area contributed by atoms with Crippen LogP contribution in [0.4, 0.5) is 0 Å². The standard InChI is InChI=1S/C13H22N2O/c1-10-2-4-14(5-3-10)9-13(16)15-7-11-6-12(11)8-15/h10-12H,2-9H2,1H3. The highest BCUT2D eigenvalue weighted by Gasteiger charge is 2.46. The van der Waals surface area contributed by atoms with Crippen LogP contribution in [0.3, 0.4) is 0 Å². The van der Waals surface area contributed by atoms with E-state index < -0.39 is 0 Å². The maximum atomic E-state index is 12.0. The van der Waals surface area contributed by atoms with Crippen molar-refractivity contribution in [2.45, 2.75) is 26.2 Å². The summed E-state index contributed by atoms with van der Waals surface area (Å²) in [4.78, 5) is 16.5. The first kappa shape index (κ1) is 10.6. The van der Waals surface area contributed by atoms with Gasteiger partial charge in [0.25, 0.3) is 0 Å². The van der Waals surface area contributed by atoms with Gasteiger partial charge in [0, 0.05) is 13.1 Å². The van der Waals surface area contributed by atoms with E-state index in [0.717, 1.165) is 43.9 Å². The van der Waals surface area contributed by atoms with Crippen LogP contribution in [-0.2, 0) is 4.79 Å². The molecule has 3 aliphatic rings. The monoisotopic (exact) mass is 222 g/mol. The lowest BCUT2D eigenvalue weighted by molar-refractivity contribution is -0.132. The van der Waals surface area contributed by atoms with Crippen molar-refractivity contribution in [2.24, 2.45) is 17.8 Å². The molecule has 2 unspecified atom stereocenters. The van der Waals surface area contributed by atoms with Crippen LogP contribution in [0.25, 0.3) is 0 Å². The number of piperidine rings is 2. The number of carbonyl (C=O) groups is 1. The van der Waals surface area contributed by atoms with Crippen LogP contribution in [0.1, 0.15) is 26.2 Å². The molecule has 16 heavy (non-hydrogen) atoms. The predicted molar refractivity (Wildman–Crippen MR) is 63.0 cm³/mol. The molecule has 0 N–H and O–H groups in total. The summed E-state index contributed by atoms with van der Waals surface area (Å²) in [6.45, 7) is 7.32. The van der Waals surface area contributed by atoms with E-state index >= 15 is 0 Å². The smallest absolute Gasteiger partial charge is 0.236 e. The van der Waals surface area contributed by atoms with Crippen LogP contribution in [0, 0.1) is 17.8 Å². The summed E-state index contributed by atoms with van der Waals surface area (Å²) in [7, 11) is 0. The molecule has 3 rings (SSSR count). The fraction of sp³-hybridized carbons (Fsp3) is 0.923. The number of rotatable bonds is 2. The highest BCUT2D eigenvalue weighted by molar-refractivity contribution is 5.78. The average molecular weight is 222 g/mol. The fourth-order valence-corrected chi connectivity index (χ4v) is 3.11. The molecule has 3 nitrogen and oxygen atoms in total. The number of fused-ring (bicyclic) bond motifs is 1. The van der Waals surface area contributed by atoms with Crippen LogP contribution < -0.4 is 0 Å². The number of carbonyl (C=O) groups excluding carboxylic acids is 1. The molecular weight excluding hydrogens is 200 g/mol. The molecule has 1 aliphatic carbocycles. The minimum Gasteiger partial charge on any atom is -0.341 e. The van der Waals surface area contributed by atoms with Crippen molar-refractivity contribution in [3.05, 3.63) is 0 Å². The third-order valence-corrected chi connectivity index (χ3v) is 4.57. The molecule has 2 atom stereocenters. The van der Waals surface area contributed by atoms with Crippen LogP contribution in [0.15, 0.2) is 0 Å². The van der Waals surface area contributed by atoms with Crippen molar-refractivity contribution >= 4 is 5.91 Å². The van der Waals surface area contributed by atoms with Gasteiger partial charge in [0.2, 0.25) is 5.91 Å². The van der Waals surface area contributed by atoms with E-state index in [1.54, 1.807) is 0 Å². The van der Waals surface area contributed by atoms with E-state index in [-0.39, 0.29) is 0 Å². The van der Waals surface area contributed by atoms with Gasteiger partial charge in [-0.1, -0.05) is 6.92 Å². The largest absolute Gasteiger partial charge is 0.341 e. The molecule has 0 aromatic carbocycles. The number of hydrogen-bond donors (Lipinski definition) is 0. The molecule has 1 saturated carbocycles. The zero-order valence-electron chi connectivity index (χ0n) is 10.2. The van der Waals surface area contributed by atoms with Crippen molar-refractivity contribution in [3.63, 3.8) is 0 Å². The summed E-state index contributed by atoms with van der Waals surface area (Å²) in [6.07, 6.45) is 3.90. The van der Waals surface area contributed by atoms with Crippen molar-refractivity contribution in [1.82, 2.24) is 9.80 Å². The Hall–Kier alpha value is -0.570. The lowest BCUT2D eigenvalue weighted by Crippen LogP contribution is -2.43. The van der Waals surface area contributed by atoms with Gasteiger partial charge in [0.1, 0.15) is 0 Å². The van der Waals surface area contributed by atoms with Crippen molar-refractivity contribution in [1.29, 1.82) is 0 Å². The van der Waals surface area contributed by atoms with E-state index in [0.29, 0.717) is 12.5 Å². The van der Waals surface area contributed by atoms with Gasteiger partial charge < -0.3 is 4.90 Å². The molecule has 0 radical (unpaired) electrons. The lowest BCUT2D eigenvalue weighted by Gasteiger charge is -2.31. The van der Waals surface area contributed by atoms with Crippen molar-refractivity contribution in [2.75, 3.05) is 32.7 Å². The summed E-state index contributed by atoms with van der Waals surface area (Å²) >= 11 is 0. The van der Waals surface area contributed by atoms with E-state index in [9.17, 15) is 4.79 Å². The Morgan fingerprint density at radius 2 is 1.81 bits per heavy atom. The second-order valence-corrected chi connectivity index (χ2v) is 6.01. The maximum absolute atomic E-state index is 12.0. The zero-order valence-corrected chi connectivity index (χ0v) is 10.2. The number of likely N-dealkylation sites (tertiary alicyclic amines) is 2. The molecular formula is C13H22N2O. The molecule has 0 aromatic rings. The molecule has 0 aromatic heterocycles. The molecule has 2 saturated heterocycles. The van der Waals surface area contributed by atoms with Crippen LogP contribution in [0.5, 0.6) is 0 Å². The van der Waals surface area contributed by atoms with E-state index in [4.69, 9.17) is 0 Å². The first-order chi connectivity index (χ1) is 7.72. The van der Waals surface area contributed by atoms with E-state index in [1.807, 2.05) is 0 Å². The summed E-state index contributed by atoms with van der Waals surface area (Å²) in [5.74, 6) is 2.96. The van der Waals surface area contributed by atoms with Gasteiger partial charge in [-0.25, -0.2) is 0 Å². The van der Waals surface area contributed by atoms with Crippen molar-refractivity contribution < 1.29 is 4.79 Å². The molecule has 0 bridgehead atoms. The SMILES string of the molecule is CC1CCN(CC(=O)N2CC3CC3C2)CC1. The van der Waals surface area contributed by atoms with Gasteiger partial charge in [-0.3, -0.25) is 9.69 Å². The highest BCUT2D eigenvalue weighted by atomic mass is 16.2. The quantitative estimate of drug-likeness (QED) is 0.701. The molecule has 0 spiro atoms. The second-order valence-electron chi connectivity index (χ2n) is 6.01. The molecule has 2 heterocycles. The van der Waals surface area contributed by atoms with Crippen LogP contribution in [0.2, 0.25) is 0 Å². The van der Waals surface area contributed by atoms with Gasteiger partial charge in [0.15, 0.2) is 0 Å². The Balaban J connectivity index is 1.45. The summed E-state index contributed by atoms with van der Waals surface area (Å²) in [6, 6.07) is 0. The average Bonchev–Trinajstić information content (AvgIpc) is 2.89. The Labute approximate surface area is 97.8 Å². The first-order valence-electron chi connectivity index (χ1n) is 6.72. The Morgan fingerprint density at radius 3 is 2.44 bits per heavy atom. The predicted octanol–water partition coefficient (Wildman–Crippen LogP) is 1.20. The Morgan fingerprint density at radius 1 is 1.19 bits per heavy atom. The lowest BCUT2D eigenvalue weighted by atomic mass is 9.99. The Kier molecular flexibility index (Phi) is 2.66. The van der Waals surface area contributed by atoms with E-state index in [1.165, 1.54) is 19.3 Å². The maximum Gasteiger partial charge on any atom is 0.236 e. The van der Waals surface area contributed by atoms with Crippen LogP contribution >= 0.6 is 0 Å². The third-order valence-electron chi connectivity index (χ3n) is 4.57.